The van der Waals surface area contributed by atoms with Gasteiger partial charge in [-0.25, -0.2) is 4.74 Å². The van der Waals surface area contributed by atoms with Gasteiger partial charge in [-0.1, -0.05) is 60.7 Å². The molecule has 0 atom stereocenters. The highest BCUT2D eigenvalue weighted by molar-refractivity contribution is 5.31. The van der Waals surface area contributed by atoms with Crippen molar-refractivity contribution >= 4 is 6.72 Å². The Hall–Kier alpha value is -2.09. The molecule has 0 amide bonds. The summed E-state index contributed by atoms with van der Waals surface area (Å²) in [6.45, 7) is 3.47. The predicted molar refractivity (Wildman–Crippen MR) is 65.5 cm³/mol. The Labute approximate surface area is 95.1 Å². The second-order valence-corrected chi connectivity index (χ2v) is 3.64. The van der Waals surface area contributed by atoms with Gasteiger partial charge in [0.25, 0.3) is 0 Å². The summed E-state index contributed by atoms with van der Waals surface area (Å²) >= 11 is 0. The van der Waals surface area contributed by atoms with E-state index in [9.17, 15) is 5.21 Å². The topological polar surface area (TPSA) is 26.1 Å². The molecule has 0 saturated carbocycles. The quantitative estimate of drug-likeness (QED) is 0.332. The highest BCUT2D eigenvalue weighted by atomic mass is 16.5. The summed E-state index contributed by atoms with van der Waals surface area (Å²) in [6.07, 6.45) is 0. The average Bonchev–Trinajstić information content (AvgIpc) is 2.31. The van der Waals surface area contributed by atoms with Crippen LogP contribution in [-0.4, -0.2) is 11.5 Å². The standard InChI is InChI=1S/C14H13NO/c1-15(16)14(12-8-4-2-5-9-12)13-10-6-3-7-11-13/h2-11,14H,1H2. The van der Waals surface area contributed by atoms with Gasteiger partial charge in [0.05, 0.1) is 0 Å². The molecule has 0 spiro atoms. The van der Waals surface area contributed by atoms with Crippen molar-refractivity contribution in [1.29, 1.82) is 0 Å². The zero-order valence-electron chi connectivity index (χ0n) is 8.91. The summed E-state index contributed by atoms with van der Waals surface area (Å²) in [5.41, 5.74) is 1.91. The lowest BCUT2D eigenvalue weighted by Gasteiger charge is -2.16. The predicted octanol–water partition coefficient (Wildman–Crippen LogP) is 2.99. The number of hydrogen-bond acceptors (Lipinski definition) is 1. The smallest absolute Gasteiger partial charge is 0.213 e. The van der Waals surface area contributed by atoms with Gasteiger partial charge in [-0.15, -0.1) is 0 Å². The Kier molecular flexibility index (Phi) is 3.01. The van der Waals surface area contributed by atoms with Crippen molar-refractivity contribution < 1.29 is 4.74 Å². The second kappa shape index (κ2) is 4.62. The number of hydroxylamine groups is 1. The van der Waals surface area contributed by atoms with Crippen LogP contribution in [0.1, 0.15) is 17.2 Å². The van der Waals surface area contributed by atoms with Crippen LogP contribution in [0.3, 0.4) is 0 Å². The van der Waals surface area contributed by atoms with Crippen LogP contribution in [0.4, 0.5) is 0 Å². The molecular weight excluding hydrogens is 198 g/mol. The van der Waals surface area contributed by atoms with Gasteiger partial charge < -0.3 is 5.21 Å². The van der Waals surface area contributed by atoms with E-state index < -0.39 is 0 Å². The fraction of sp³-hybridized carbons (Fsp3) is 0.0714. The molecular formula is C14H13NO. The number of rotatable bonds is 3. The Morgan fingerprint density at radius 2 is 1.19 bits per heavy atom. The SMILES string of the molecule is C=[N+]([O-])C(c1ccccc1)c1ccccc1. The fourth-order valence-corrected chi connectivity index (χ4v) is 1.80. The maximum atomic E-state index is 11.6. The van der Waals surface area contributed by atoms with Crippen molar-refractivity contribution in [3.8, 4) is 0 Å². The van der Waals surface area contributed by atoms with Gasteiger partial charge in [0.15, 0.2) is 0 Å². The first-order chi connectivity index (χ1) is 7.79. The Morgan fingerprint density at radius 3 is 1.50 bits per heavy atom. The largest absolute Gasteiger partial charge is 0.624 e. The van der Waals surface area contributed by atoms with E-state index in [1.807, 2.05) is 60.7 Å². The molecule has 0 aliphatic carbocycles. The Balaban J connectivity index is 2.44. The van der Waals surface area contributed by atoms with Crippen LogP contribution in [0.15, 0.2) is 60.7 Å². The molecule has 16 heavy (non-hydrogen) atoms. The average molecular weight is 211 g/mol. The van der Waals surface area contributed by atoms with E-state index in [0.29, 0.717) is 0 Å². The van der Waals surface area contributed by atoms with Gasteiger partial charge in [0, 0.05) is 11.1 Å². The van der Waals surface area contributed by atoms with Crippen LogP contribution in [0.5, 0.6) is 0 Å². The van der Waals surface area contributed by atoms with Crippen LogP contribution in [0, 0.1) is 5.21 Å². The molecule has 2 aromatic carbocycles. The summed E-state index contributed by atoms with van der Waals surface area (Å²) < 4.78 is 0.741. The monoisotopic (exact) mass is 211 g/mol. The Bertz CT molecular complexity index is 425. The normalized spacial score (nSPS) is 10.3. The van der Waals surface area contributed by atoms with Crippen LogP contribution < -0.4 is 0 Å². The van der Waals surface area contributed by atoms with Crippen LogP contribution in [0.25, 0.3) is 0 Å². The van der Waals surface area contributed by atoms with E-state index in [1.165, 1.54) is 0 Å². The summed E-state index contributed by atoms with van der Waals surface area (Å²) in [7, 11) is 0. The van der Waals surface area contributed by atoms with Crippen LogP contribution >= 0.6 is 0 Å². The molecule has 2 rings (SSSR count). The third kappa shape index (κ3) is 2.11. The highest BCUT2D eigenvalue weighted by Crippen LogP contribution is 2.24. The molecule has 2 aromatic rings. The minimum Gasteiger partial charge on any atom is -0.624 e. The second-order valence-electron chi connectivity index (χ2n) is 3.64. The minimum absolute atomic E-state index is 0.331. The van der Waals surface area contributed by atoms with Gasteiger partial charge in [-0.3, -0.25) is 0 Å². The molecule has 0 bridgehead atoms. The van der Waals surface area contributed by atoms with E-state index in [1.54, 1.807) is 0 Å². The summed E-state index contributed by atoms with van der Waals surface area (Å²) in [6, 6.07) is 19.0. The molecule has 0 heterocycles. The lowest BCUT2D eigenvalue weighted by atomic mass is 9.99. The summed E-state index contributed by atoms with van der Waals surface area (Å²) in [5, 5.41) is 11.6. The van der Waals surface area contributed by atoms with Crippen molar-refractivity contribution in [2.75, 3.05) is 0 Å². The van der Waals surface area contributed by atoms with Crippen molar-refractivity contribution in [3.05, 3.63) is 77.0 Å². The molecule has 80 valence electrons. The van der Waals surface area contributed by atoms with E-state index >= 15 is 0 Å². The van der Waals surface area contributed by atoms with Gasteiger partial charge >= 0.3 is 0 Å². The van der Waals surface area contributed by atoms with Gasteiger partial charge in [0.1, 0.15) is 6.72 Å². The molecule has 0 aliphatic heterocycles. The first kappa shape index (κ1) is 10.4. The van der Waals surface area contributed by atoms with Crippen molar-refractivity contribution in [2.45, 2.75) is 6.04 Å². The summed E-state index contributed by atoms with van der Waals surface area (Å²) in [5.74, 6) is 0. The summed E-state index contributed by atoms with van der Waals surface area (Å²) in [4.78, 5) is 0. The zero-order chi connectivity index (χ0) is 11.4. The maximum Gasteiger partial charge on any atom is 0.213 e. The van der Waals surface area contributed by atoms with E-state index in [-0.39, 0.29) is 6.04 Å². The van der Waals surface area contributed by atoms with Gasteiger partial charge in [-0.2, -0.15) is 0 Å². The third-order valence-corrected chi connectivity index (χ3v) is 2.52. The van der Waals surface area contributed by atoms with Crippen LogP contribution in [0.2, 0.25) is 0 Å². The lowest BCUT2D eigenvalue weighted by Crippen LogP contribution is -2.12. The van der Waals surface area contributed by atoms with Crippen molar-refractivity contribution in [2.24, 2.45) is 0 Å². The zero-order valence-corrected chi connectivity index (χ0v) is 8.91. The number of nitrogens with zero attached hydrogens (tertiary/aromatic N) is 1. The number of benzene rings is 2. The molecule has 2 nitrogen and oxygen atoms in total. The van der Waals surface area contributed by atoms with E-state index in [0.717, 1.165) is 15.9 Å². The lowest BCUT2D eigenvalue weighted by molar-refractivity contribution is -0.487. The van der Waals surface area contributed by atoms with Crippen molar-refractivity contribution in [3.63, 3.8) is 0 Å². The first-order valence-electron chi connectivity index (χ1n) is 5.16. The van der Waals surface area contributed by atoms with Gasteiger partial charge in [0.2, 0.25) is 6.04 Å². The Morgan fingerprint density at radius 1 is 0.812 bits per heavy atom. The molecule has 0 fully saturated rings. The minimum atomic E-state index is -0.331. The molecule has 0 saturated heterocycles. The molecule has 0 radical (unpaired) electrons. The first-order valence-corrected chi connectivity index (χ1v) is 5.16. The third-order valence-electron chi connectivity index (χ3n) is 2.52. The maximum absolute atomic E-state index is 11.6. The van der Waals surface area contributed by atoms with Crippen molar-refractivity contribution in [1.82, 2.24) is 0 Å². The highest BCUT2D eigenvalue weighted by Gasteiger charge is 2.19. The van der Waals surface area contributed by atoms with E-state index in [2.05, 4.69) is 6.72 Å². The van der Waals surface area contributed by atoms with E-state index in [4.69, 9.17) is 0 Å². The molecule has 2 heteroatoms. The fourth-order valence-electron chi connectivity index (χ4n) is 1.80. The number of hydrogen-bond donors (Lipinski definition) is 0. The molecule has 0 aromatic heterocycles. The molecule has 0 unspecified atom stereocenters. The molecule has 0 N–H and O–H groups in total. The van der Waals surface area contributed by atoms with Crippen LogP contribution in [-0.2, 0) is 0 Å². The molecule has 0 aliphatic rings. The van der Waals surface area contributed by atoms with Gasteiger partial charge in [-0.05, 0) is 0 Å².